The van der Waals surface area contributed by atoms with E-state index in [2.05, 4.69) is 15.4 Å². The van der Waals surface area contributed by atoms with Crippen molar-refractivity contribution in [2.24, 2.45) is 13.0 Å². The Kier molecular flexibility index (Phi) is 6.04. The molecule has 0 atom stereocenters. The first-order chi connectivity index (χ1) is 13.2. The molecular weight excluding hydrogens is 405 g/mol. The molecule has 1 amide bonds. The lowest BCUT2D eigenvalue weighted by atomic mass is 10.2. The highest BCUT2D eigenvalue weighted by atomic mass is 35.5. The number of thioether (sulfide) groups is 1. The molecule has 2 aromatic heterocycles. The number of carbonyl (C=O) groups is 1. The Balaban J connectivity index is 1.81. The van der Waals surface area contributed by atoms with Crippen LogP contribution in [0.4, 0.5) is 10.1 Å². The van der Waals surface area contributed by atoms with E-state index in [1.54, 1.807) is 17.8 Å². The van der Waals surface area contributed by atoms with Gasteiger partial charge in [-0.05, 0) is 24.1 Å². The number of amides is 1. The monoisotopic (exact) mass is 423 g/mol. The molecule has 0 saturated carbocycles. The Labute approximate surface area is 169 Å². The number of benzene rings is 1. The predicted molar refractivity (Wildman–Crippen MR) is 108 cm³/mol. The number of hydrogen-bond donors (Lipinski definition) is 1. The Morgan fingerprint density at radius 2 is 2.14 bits per heavy atom. The fourth-order valence-electron chi connectivity index (χ4n) is 2.63. The number of halogens is 2. The van der Waals surface area contributed by atoms with Gasteiger partial charge in [-0.3, -0.25) is 18.8 Å². The van der Waals surface area contributed by atoms with Crippen LogP contribution in [0.2, 0.25) is 5.02 Å². The third kappa shape index (κ3) is 4.53. The SMILES string of the molecule is CC(C)Cn1c(SCC(=O)Nc2ccc(F)c(Cl)c2)nc2cn(C)nc2c1=O. The summed E-state index contributed by atoms with van der Waals surface area (Å²) in [5, 5.41) is 7.21. The van der Waals surface area contributed by atoms with Crippen LogP contribution in [0.1, 0.15) is 13.8 Å². The Hall–Kier alpha value is -2.39. The van der Waals surface area contributed by atoms with Gasteiger partial charge in [0.15, 0.2) is 10.7 Å². The highest BCUT2D eigenvalue weighted by Crippen LogP contribution is 2.21. The Morgan fingerprint density at radius 3 is 2.82 bits per heavy atom. The molecule has 1 N–H and O–H groups in total. The smallest absolute Gasteiger partial charge is 0.282 e. The standard InChI is InChI=1S/C18H19ClFN5O2S/c1-10(2)7-25-17(27)16-14(8-24(3)23-16)22-18(25)28-9-15(26)21-11-4-5-13(20)12(19)6-11/h4-6,8,10H,7,9H2,1-3H3,(H,21,26). The molecule has 28 heavy (non-hydrogen) atoms. The molecule has 3 rings (SSSR count). The molecule has 0 fully saturated rings. The summed E-state index contributed by atoms with van der Waals surface area (Å²) in [7, 11) is 1.72. The highest BCUT2D eigenvalue weighted by Gasteiger charge is 2.16. The van der Waals surface area contributed by atoms with Crippen LogP contribution in [0.5, 0.6) is 0 Å². The van der Waals surface area contributed by atoms with E-state index < -0.39 is 5.82 Å². The number of carbonyl (C=O) groups excluding carboxylic acids is 1. The normalized spacial score (nSPS) is 11.4. The molecule has 0 bridgehead atoms. The van der Waals surface area contributed by atoms with E-state index in [0.717, 1.165) is 11.8 Å². The fourth-order valence-corrected chi connectivity index (χ4v) is 3.61. The molecule has 0 radical (unpaired) electrons. The van der Waals surface area contributed by atoms with Crippen LogP contribution in [-0.2, 0) is 18.4 Å². The molecule has 7 nitrogen and oxygen atoms in total. The zero-order valence-electron chi connectivity index (χ0n) is 15.6. The van der Waals surface area contributed by atoms with Gasteiger partial charge in [-0.25, -0.2) is 9.37 Å². The summed E-state index contributed by atoms with van der Waals surface area (Å²) in [4.78, 5) is 29.6. The van der Waals surface area contributed by atoms with Crippen LogP contribution < -0.4 is 10.9 Å². The van der Waals surface area contributed by atoms with E-state index in [9.17, 15) is 14.0 Å². The molecule has 148 valence electrons. The van der Waals surface area contributed by atoms with Gasteiger partial charge in [-0.2, -0.15) is 5.10 Å². The summed E-state index contributed by atoms with van der Waals surface area (Å²) in [6.07, 6.45) is 1.67. The molecule has 10 heteroatoms. The van der Waals surface area contributed by atoms with Crippen molar-refractivity contribution in [2.75, 3.05) is 11.1 Å². The number of nitrogens with zero attached hydrogens (tertiary/aromatic N) is 4. The first kappa shape index (κ1) is 20.3. The van der Waals surface area contributed by atoms with Crippen LogP contribution in [0.25, 0.3) is 11.0 Å². The minimum atomic E-state index is -0.555. The van der Waals surface area contributed by atoms with Gasteiger partial charge in [0, 0.05) is 19.3 Å². The van der Waals surface area contributed by atoms with Crippen LogP contribution in [-0.4, -0.2) is 31.0 Å². The second-order valence-corrected chi connectivity index (χ2v) is 8.06. The zero-order valence-corrected chi connectivity index (χ0v) is 17.1. The van der Waals surface area contributed by atoms with Crippen LogP contribution in [0.15, 0.2) is 34.3 Å². The van der Waals surface area contributed by atoms with Gasteiger partial charge in [0.1, 0.15) is 11.3 Å². The van der Waals surface area contributed by atoms with Crippen molar-refractivity contribution in [1.82, 2.24) is 19.3 Å². The number of anilines is 1. The summed E-state index contributed by atoms with van der Waals surface area (Å²) >= 11 is 6.88. The quantitative estimate of drug-likeness (QED) is 0.486. The van der Waals surface area contributed by atoms with Crippen molar-refractivity contribution < 1.29 is 9.18 Å². The first-order valence-electron chi connectivity index (χ1n) is 8.56. The summed E-state index contributed by atoms with van der Waals surface area (Å²) in [6, 6.07) is 3.95. The number of hydrogen-bond acceptors (Lipinski definition) is 5. The maximum atomic E-state index is 13.2. The number of fused-ring (bicyclic) bond motifs is 1. The summed E-state index contributed by atoms with van der Waals surface area (Å²) < 4.78 is 16.3. The van der Waals surface area contributed by atoms with E-state index in [-0.39, 0.29) is 28.2 Å². The van der Waals surface area contributed by atoms with Crippen LogP contribution >= 0.6 is 23.4 Å². The lowest BCUT2D eigenvalue weighted by Gasteiger charge is -2.13. The zero-order chi connectivity index (χ0) is 20.4. The summed E-state index contributed by atoms with van der Waals surface area (Å²) in [5.41, 5.74) is 0.957. The predicted octanol–water partition coefficient (Wildman–Crippen LogP) is 3.31. The third-order valence-electron chi connectivity index (χ3n) is 3.79. The largest absolute Gasteiger partial charge is 0.325 e. The fraction of sp³-hybridized carbons (Fsp3) is 0.333. The Bertz CT molecular complexity index is 1100. The van der Waals surface area contributed by atoms with Crippen LogP contribution in [0.3, 0.4) is 0 Å². The molecule has 1 aromatic carbocycles. The molecule has 0 spiro atoms. The number of rotatable bonds is 6. The molecule has 0 saturated heterocycles. The lowest BCUT2D eigenvalue weighted by molar-refractivity contribution is -0.113. The van der Waals surface area contributed by atoms with Crippen molar-refractivity contribution >= 4 is 46.0 Å². The molecule has 2 heterocycles. The van der Waals surface area contributed by atoms with E-state index in [4.69, 9.17) is 11.6 Å². The molecule has 0 aliphatic heterocycles. The van der Waals surface area contributed by atoms with E-state index in [0.29, 0.717) is 28.4 Å². The van der Waals surface area contributed by atoms with Crippen molar-refractivity contribution in [3.63, 3.8) is 0 Å². The summed E-state index contributed by atoms with van der Waals surface area (Å²) in [6.45, 7) is 4.46. The third-order valence-corrected chi connectivity index (χ3v) is 5.05. The van der Waals surface area contributed by atoms with Gasteiger partial charge in [-0.1, -0.05) is 37.2 Å². The molecule has 0 unspecified atom stereocenters. The van der Waals surface area contributed by atoms with Gasteiger partial charge in [0.05, 0.1) is 17.0 Å². The van der Waals surface area contributed by atoms with E-state index in [1.165, 1.54) is 22.9 Å². The average molecular weight is 424 g/mol. The summed E-state index contributed by atoms with van der Waals surface area (Å²) in [5.74, 6) is -0.620. The minimum Gasteiger partial charge on any atom is -0.325 e. The molecule has 0 aliphatic rings. The molecule has 0 aliphatic carbocycles. The average Bonchev–Trinajstić information content (AvgIpc) is 2.99. The van der Waals surface area contributed by atoms with E-state index in [1.807, 2.05) is 13.8 Å². The second-order valence-electron chi connectivity index (χ2n) is 6.71. The van der Waals surface area contributed by atoms with Crippen molar-refractivity contribution in [3.05, 3.63) is 45.6 Å². The van der Waals surface area contributed by atoms with Crippen molar-refractivity contribution in [1.29, 1.82) is 0 Å². The minimum absolute atomic E-state index is 0.0330. The van der Waals surface area contributed by atoms with Gasteiger partial charge < -0.3 is 5.32 Å². The molecule has 3 aromatic rings. The van der Waals surface area contributed by atoms with Gasteiger partial charge in [0.2, 0.25) is 5.91 Å². The van der Waals surface area contributed by atoms with Crippen LogP contribution in [0, 0.1) is 11.7 Å². The number of nitrogens with one attached hydrogen (secondary N) is 1. The second kappa shape index (κ2) is 8.32. The number of aromatic nitrogens is 4. The maximum absolute atomic E-state index is 13.2. The van der Waals surface area contributed by atoms with Gasteiger partial charge in [-0.15, -0.1) is 0 Å². The topological polar surface area (TPSA) is 81.8 Å². The first-order valence-corrected chi connectivity index (χ1v) is 9.93. The maximum Gasteiger partial charge on any atom is 0.282 e. The highest BCUT2D eigenvalue weighted by molar-refractivity contribution is 7.99. The van der Waals surface area contributed by atoms with Gasteiger partial charge in [0.25, 0.3) is 5.56 Å². The van der Waals surface area contributed by atoms with Gasteiger partial charge >= 0.3 is 0 Å². The Morgan fingerprint density at radius 1 is 1.39 bits per heavy atom. The van der Waals surface area contributed by atoms with E-state index >= 15 is 0 Å². The van der Waals surface area contributed by atoms with Crippen molar-refractivity contribution in [2.45, 2.75) is 25.5 Å². The number of aryl methyl sites for hydroxylation is 1. The molecular formula is C18H19ClFN5O2S. The van der Waals surface area contributed by atoms with Crippen molar-refractivity contribution in [3.8, 4) is 0 Å². The lowest BCUT2D eigenvalue weighted by Crippen LogP contribution is -2.26.